The van der Waals surface area contributed by atoms with Crippen molar-refractivity contribution in [1.82, 2.24) is 4.90 Å². The number of rotatable bonds is 8. The molecule has 0 aliphatic carbocycles. The number of piperazine rings is 1. The number of aryl methyl sites for hydroxylation is 2. The number of hydrogen-bond acceptors (Lipinski definition) is 6. The minimum absolute atomic E-state index is 0.590. The molecule has 0 aromatic heterocycles. The van der Waals surface area contributed by atoms with E-state index < -0.39 is 0 Å². The summed E-state index contributed by atoms with van der Waals surface area (Å²) in [6.07, 6.45) is 2.34. The van der Waals surface area contributed by atoms with Gasteiger partial charge in [0, 0.05) is 43.2 Å². The number of aldehydes is 1. The van der Waals surface area contributed by atoms with Crippen LogP contribution < -0.4 is 13.8 Å². The van der Waals surface area contributed by atoms with Gasteiger partial charge in [0.05, 0.1) is 19.2 Å². The van der Waals surface area contributed by atoms with Crippen LogP contribution in [0.15, 0.2) is 77.7 Å². The van der Waals surface area contributed by atoms with Crippen molar-refractivity contribution in [3.63, 3.8) is 0 Å². The first kappa shape index (κ1) is 25.7. The lowest BCUT2D eigenvalue weighted by molar-refractivity contribution is -0.107. The highest BCUT2D eigenvalue weighted by Gasteiger charge is 2.14. The molecule has 34 heavy (non-hydrogen) atoms. The van der Waals surface area contributed by atoms with Gasteiger partial charge in [-0.05, 0) is 74.5 Å². The second-order valence-corrected chi connectivity index (χ2v) is 9.12. The summed E-state index contributed by atoms with van der Waals surface area (Å²) in [5.74, 6) is 1.74. The predicted octanol–water partition coefficient (Wildman–Crippen LogP) is 5.66. The maximum absolute atomic E-state index is 10.1. The second-order valence-electron chi connectivity index (χ2n) is 8.32. The zero-order valence-corrected chi connectivity index (χ0v) is 21.1. The van der Waals surface area contributed by atoms with Gasteiger partial charge in [-0.15, -0.1) is 0 Å². The third kappa shape index (κ3) is 8.43. The van der Waals surface area contributed by atoms with Crippen molar-refractivity contribution in [1.29, 1.82) is 0 Å². The number of methoxy groups -OCH3 is 1. The third-order valence-electron chi connectivity index (χ3n) is 5.67. The number of benzene rings is 3. The van der Waals surface area contributed by atoms with Gasteiger partial charge in [0.15, 0.2) is 0 Å². The molecule has 0 N–H and O–H groups in total. The number of likely N-dealkylation sites (N-methyl/N-ethyl adjacent to an activating group) is 1. The molecule has 4 rings (SSSR count). The van der Waals surface area contributed by atoms with Crippen molar-refractivity contribution in [2.24, 2.45) is 0 Å². The lowest BCUT2D eigenvalue weighted by atomic mass is 10.1. The Kier molecular flexibility index (Phi) is 10.3. The van der Waals surface area contributed by atoms with Crippen LogP contribution >= 0.6 is 12.0 Å². The van der Waals surface area contributed by atoms with Crippen LogP contribution in [0.5, 0.6) is 11.5 Å². The molecule has 6 heteroatoms. The summed E-state index contributed by atoms with van der Waals surface area (Å²) in [6, 6.07) is 24.5. The van der Waals surface area contributed by atoms with Crippen LogP contribution in [-0.4, -0.2) is 51.5 Å². The smallest absolute Gasteiger partial charge is 0.138 e. The van der Waals surface area contributed by atoms with Crippen molar-refractivity contribution >= 4 is 24.0 Å². The van der Waals surface area contributed by atoms with Crippen molar-refractivity contribution in [3.8, 4) is 11.5 Å². The molecule has 0 radical (unpaired) electrons. The van der Waals surface area contributed by atoms with Gasteiger partial charge in [0.2, 0.25) is 0 Å². The molecule has 1 aliphatic rings. The molecular weight excluding hydrogens is 444 g/mol. The molecule has 1 saturated heterocycles. The van der Waals surface area contributed by atoms with Gasteiger partial charge in [0.25, 0.3) is 0 Å². The first-order valence-electron chi connectivity index (χ1n) is 11.6. The molecular formula is C28H34N2O3S. The molecule has 3 aromatic carbocycles. The van der Waals surface area contributed by atoms with E-state index in [2.05, 4.69) is 72.3 Å². The summed E-state index contributed by atoms with van der Waals surface area (Å²) in [5, 5.41) is 0. The molecule has 0 saturated carbocycles. The van der Waals surface area contributed by atoms with E-state index in [1.165, 1.54) is 28.9 Å². The number of anilines is 1. The molecule has 0 bridgehead atoms. The van der Waals surface area contributed by atoms with Gasteiger partial charge >= 0.3 is 0 Å². The summed E-state index contributed by atoms with van der Waals surface area (Å²) < 4.78 is 10.8. The second kappa shape index (κ2) is 13.7. The topological polar surface area (TPSA) is 42.0 Å². The van der Waals surface area contributed by atoms with Crippen LogP contribution in [-0.2, 0) is 11.2 Å². The minimum atomic E-state index is 0.590. The molecule has 1 aliphatic heterocycles. The SMILES string of the molecule is COc1ccc(CCC=O)cc1.Cc1ccc(SOc2ccc(N3CCN(C)CC3)cc2)cc1. The average Bonchev–Trinajstić information content (AvgIpc) is 2.89. The molecule has 0 atom stereocenters. The standard InChI is InChI=1S/C18H22N2OS.C10H12O2/c1-15-3-9-18(10-4-15)22-21-17-7-5-16(6-8-17)20-13-11-19(2)12-14-20;1-12-10-6-4-9(5-7-10)3-2-8-11/h3-10H,11-14H2,1-2H3;4-8H,2-3H2,1H3. The van der Waals surface area contributed by atoms with Crippen molar-refractivity contribution in [2.75, 3.05) is 45.2 Å². The average molecular weight is 479 g/mol. The molecule has 3 aromatic rings. The maximum Gasteiger partial charge on any atom is 0.138 e. The Balaban J connectivity index is 0.000000229. The van der Waals surface area contributed by atoms with Crippen molar-refractivity contribution in [3.05, 3.63) is 83.9 Å². The highest BCUT2D eigenvalue weighted by atomic mass is 32.2. The Bertz CT molecular complexity index is 984. The van der Waals surface area contributed by atoms with E-state index in [-0.39, 0.29) is 0 Å². The van der Waals surface area contributed by atoms with Crippen LogP contribution in [0.2, 0.25) is 0 Å². The summed E-state index contributed by atoms with van der Waals surface area (Å²) >= 11 is 1.40. The van der Waals surface area contributed by atoms with E-state index in [4.69, 9.17) is 8.92 Å². The molecule has 180 valence electrons. The third-order valence-corrected chi connectivity index (χ3v) is 6.41. The quantitative estimate of drug-likeness (QED) is 0.307. The number of carbonyl (C=O) groups is 1. The number of carbonyl (C=O) groups excluding carboxylic acids is 1. The zero-order chi connectivity index (χ0) is 24.2. The normalized spacial score (nSPS) is 13.6. The monoisotopic (exact) mass is 478 g/mol. The summed E-state index contributed by atoms with van der Waals surface area (Å²) in [6.45, 7) is 6.53. The fraction of sp³-hybridized carbons (Fsp3) is 0.321. The van der Waals surface area contributed by atoms with E-state index in [0.717, 1.165) is 55.3 Å². The lowest BCUT2D eigenvalue weighted by Gasteiger charge is -2.34. The molecule has 0 unspecified atom stereocenters. The molecule has 5 nitrogen and oxygen atoms in total. The Hall–Kier alpha value is -2.96. The highest BCUT2D eigenvalue weighted by molar-refractivity contribution is 7.95. The van der Waals surface area contributed by atoms with E-state index in [1.807, 2.05) is 24.3 Å². The van der Waals surface area contributed by atoms with E-state index in [0.29, 0.717) is 6.42 Å². The van der Waals surface area contributed by atoms with Gasteiger partial charge in [-0.1, -0.05) is 29.8 Å². The van der Waals surface area contributed by atoms with Gasteiger partial charge in [-0.3, -0.25) is 0 Å². The fourth-order valence-electron chi connectivity index (χ4n) is 3.49. The van der Waals surface area contributed by atoms with Crippen LogP contribution in [0, 0.1) is 6.92 Å². The Morgan fingerprint density at radius 3 is 2.06 bits per heavy atom. The molecule has 0 spiro atoms. The minimum Gasteiger partial charge on any atom is -0.497 e. The first-order chi connectivity index (χ1) is 16.6. The Morgan fingerprint density at radius 1 is 0.853 bits per heavy atom. The fourth-order valence-corrected chi connectivity index (χ4v) is 4.04. The van der Waals surface area contributed by atoms with Crippen LogP contribution in [0.3, 0.4) is 0 Å². The maximum atomic E-state index is 10.1. The number of hydrogen-bond donors (Lipinski definition) is 0. The number of ether oxygens (including phenoxy) is 1. The van der Waals surface area contributed by atoms with Gasteiger partial charge in [0.1, 0.15) is 17.8 Å². The van der Waals surface area contributed by atoms with Crippen LogP contribution in [0.4, 0.5) is 5.69 Å². The molecule has 1 heterocycles. The molecule has 0 amide bonds. The summed E-state index contributed by atoms with van der Waals surface area (Å²) in [7, 11) is 3.82. The van der Waals surface area contributed by atoms with Crippen molar-refractivity contribution < 1.29 is 13.7 Å². The van der Waals surface area contributed by atoms with E-state index in [9.17, 15) is 4.79 Å². The van der Waals surface area contributed by atoms with E-state index in [1.54, 1.807) is 7.11 Å². The van der Waals surface area contributed by atoms with Crippen LogP contribution in [0.1, 0.15) is 17.5 Å². The highest BCUT2D eigenvalue weighted by Crippen LogP contribution is 2.26. The van der Waals surface area contributed by atoms with Gasteiger partial charge < -0.3 is 23.5 Å². The van der Waals surface area contributed by atoms with Crippen molar-refractivity contribution in [2.45, 2.75) is 24.7 Å². The zero-order valence-electron chi connectivity index (χ0n) is 20.3. The summed E-state index contributed by atoms with van der Waals surface area (Å²) in [4.78, 5) is 16.0. The van der Waals surface area contributed by atoms with Gasteiger partial charge in [-0.2, -0.15) is 0 Å². The Labute approximate surface area is 207 Å². The van der Waals surface area contributed by atoms with E-state index >= 15 is 0 Å². The molecule has 1 fully saturated rings. The first-order valence-corrected chi connectivity index (χ1v) is 12.3. The predicted molar refractivity (Wildman–Crippen MR) is 141 cm³/mol. The summed E-state index contributed by atoms with van der Waals surface area (Å²) in [5.41, 5.74) is 3.71. The van der Waals surface area contributed by atoms with Crippen LogP contribution in [0.25, 0.3) is 0 Å². The van der Waals surface area contributed by atoms with Gasteiger partial charge in [-0.25, -0.2) is 0 Å². The number of nitrogens with zero attached hydrogens (tertiary/aromatic N) is 2. The largest absolute Gasteiger partial charge is 0.497 e. The lowest BCUT2D eigenvalue weighted by Crippen LogP contribution is -2.44. The Morgan fingerprint density at radius 2 is 1.47 bits per heavy atom.